The molecule has 2 heteroatoms. The van der Waals surface area contributed by atoms with Crippen molar-refractivity contribution >= 4 is 22.6 Å². The molecule has 62 valence electrons. The Balaban J connectivity index is 2.61. The smallest absolute Gasteiger partial charge is 0.149 e. The lowest BCUT2D eigenvalue weighted by atomic mass is 10.3. The van der Waals surface area contributed by atoms with Crippen LogP contribution in [0.1, 0.15) is 6.92 Å². The van der Waals surface area contributed by atoms with Crippen molar-refractivity contribution < 1.29 is 4.74 Å². The van der Waals surface area contributed by atoms with Crippen molar-refractivity contribution in [2.24, 2.45) is 0 Å². The van der Waals surface area contributed by atoms with Crippen molar-refractivity contribution in [2.45, 2.75) is 6.92 Å². The second kappa shape index (κ2) is 5.04. The van der Waals surface area contributed by atoms with E-state index < -0.39 is 0 Å². The Hall–Kier alpha value is -0.690. The van der Waals surface area contributed by atoms with Crippen molar-refractivity contribution in [1.82, 2.24) is 0 Å². The summed E-state index contributed by atoms with van der Waals surface area (Å²) in [5.41, 5.74) is 0. The summed E-state index contributed by atoms with van der Waals surface area (Å²) in [6.45, 7) is 2.27. The SMILES string of the molecule is CC#CCOc1ccccc1I. The fraction of sp³-hybridized carbons (Fsp3) is 0.200. The number of hydrogen-bond acceptors (Lipinski definition) is 1. The molecular weight excluding hydrogens is 263 g/mol. The minimum absolute atomic E-state index is 0.469. The molecule has 0 aliphatic rings. The number of rotatable bonds is 2. The van der Waals surface area contributed by atoms with E-state index in [0.29, 0.717) is 6.61 Å². The second-order valence-electron chi connectivity index (χ2n) is 2.15. The van der Waals surface area contributed by atoms with Gasteiger partial charge >= 0.3 is 0 Å². The first-order valence-corrected chi connectivity index (χ1v) is 4.69. The van der Waals surface area contributed by atoms with Crippen LogP contribution in [0.25, 0.3) is 0 Å². The zero-order valence-corrected chi connectivity index (χ0v) is 8.96. The molecule has 0 aromatic heterocycles. The highest BCUT2D eigenvalue weighted by atomic mass is 127. The van der Waals surface area contributed by atoms with Crippen LogP contribution in [0, 0.1) is 15.4 Å². The summed E-state index contributed by atoms with van der Waals surface area (Å²) in [5.74, 6) is 6.53. The van der Waals surface area contributed by atoms with Gasteiger partial charge in [0.25, 0.3) is 0 Å². The van der Waals surface area contributed by atoms with Crippen molar-refractivity contribution in [2.75, 3.05) is 6.61 Å². The van der Waals surface area contributed by atoms with E-state index in [9.17, 15) is 0 Å². The number of halogens is 1. The molecule has 0 saturated heterocycles. The minimum atomic E-state index is 0.469. The normalized spacial score (nSPS) is 8.50. The maximum Gasteiger partial charge on any atom is 0.149 e. The van der Waals surface area contributed by atoms with Crippen LogP contribution < -0.4 is 4.74 Å². The van der Waals surface area contributed by atoms with Crippen molar-refractivity contribution in [3.63, 3.8) is 0 Å². The Morgan fingerprint density at radius 3 is 2.83 bits per heavy atom. The van der Waals surface area contributed by atoms with Crippen LogP contribution in [-0.4, -0.2) is 6.61 Å². The van der Waals surface area contributed by atoms with E-state index in [1.807, 2.05) is 24.3 Å². The van der Waals surface area contributed by atoms with E-state index in [1.54, 1.807) is 6.92 Å². The first-order valence-electron chi connectivity index (χ1n) is 3.61. The summed E-state index contributed by atoms with van der Waals surface area (Å²) in [6.07, 6.45) is 0. The third-order valence-electron chi connectivity index (χ3n) is 1.31. The highest BCUT2D eigenvalue weighted by Crippen LogP contribution is 2.19. The average Bonchev–Trinajstić information content (AvgIpc) is 2.09. The molecule has 1 nitrogen and oxygen atoms in total. The van der Waals surface area contributed by atoms with Gasteiger partial charge in [0, 0.05) is 0 Å². The van der Waals surface area contributed by atoms with Crippen LogP contribution in [0.15, 0.2) is 24.3 Å². The molecule has 0 N–H and O–H groups in total. The zero-order valence-electron chi connectivity index (χ0n) is 6.80. The fourth-order valence-corrected chi connectivity index (χ4v) is 1.29. The third kappa shape index (κ3) is 2.74. The standard InChI is InChI=1S/C10H9IO/c1-2-3-8-12-10-7-5-4-6-9(10)11/h4-7H,8H2,1H3. The largest absolute Gasteiger partial charge is 0.480 e. The lowest BCUT2D eigenvalue weighted by molar-refractivity contribution is 0.367. The summed E-state index contributed by atoms with van der Waals surface area (Å²) >= 11 is 2.24. The Morgan fingerprint density at radius 2 is 2.17 bits per heavy atom. The van der Waals surface area contributed by atoms with E-state index in [0.717, 1.165) is 9.32 Å². The van der Waals surface area contributed by atoms with E-state index in [4.69, 9.17) is 4.74 Å². The van der Waals surface area contributed by atoms with Crippen molar-refractivity contribution in [3.05, 3.63) is 27.8 Å². The molecule has 0 amide bonds. The molecule has 0 radical (unpaired) electrons. The predicted molar refractivity (Wildman–Crippen MR) is 58.1 cm³/mol. The Morgan fingerprint density at radius 1 is 1.42 bits per heavy atom. The van der Waals surface area contributed by atoms with Gasteiger partial charge in [0.05, 0.1) is 3.57 Å². The molecule has 0 heterocycles. The van der Waals surface area contributed by atoms with Gasteiger partial charge in [-0.25, -0.2) is 0 Å². The molecule has 1 rings (SSSR count). The molecule has 0 spiro atoms. The van der Waals surface area contributed by atoms with Gasteiger partial charge in [-0.05, 0) is 41.6 Å². The molecule has 0 saturated carbocycles. The second-order valence-corrected chi connectivity index (χ2v) is 3.31. The molecule has 12 heavy (non-hydrogen) atoms. The van der Waals surface area contributed by atoms with Crippen LogP contribution in [0.3, 0.4) is 0 Å². The summed E-state index contributed by atoms with van der Waals surface area (Å²) < 4.78 is 6.51. The van der Waals surface area contributed by atoms with Gasteiger partial charge in [-0.1, -0.05) is 18.1 Å². The van der Waals surface area contributed by atoms with Gasteiger partial charge in [-0.3, -0.25) is 0 Å². The first kappa shape index (κ1) is 9.40. The first-order chi connectivity index (χ1) is 5.84. The fourth-order valence-electron chi connectivity index (χ4n) is 0.748. The number of para-hydroxylation sites is 1. The highest BCUT2D eigenvalue weighted by Gasteiger charge is 1.95. The van der Waals surface area contributed by atoms with Gasteiger partial charge in [0.2, 0.25) is 0 Å². The third-order valence-corrected chi connectivity index (χ3v) is 2.20. The topological polar surface area (TPSA) is 9.23 Å². The van der Waals surface area contributed by atoms with Gasteiger partial charge in [0.1, 0.15) is 12.4 Å². The van der Waals surface area contributed by atoms with Gasteiger partial charge in [-0.2, -0.15) is 0 Å². The number of ether oxygens (including phenoxy) is 1. The van der Waals surface area contributed by atoms with Crippen molar-refractivity contribution in [3.8, 4) is 17.6 Å². The van der Waals surface area contributed by atoms with E-state index >= 15 is 0 Å². The van der Waals surface area contributed by atoms with Crippen molar-refractivity contribution in [1.29, 1.82) is 0 Å². The predicted octanol–water partition coefficient (Wildman–Crippen LogP) is 2.69. The van der Waals surface area contributed by atoms with Gasteiger partial charge < -0.3 is 4.74 Å². The van der Waals surface area contributed by atoms with Crippen LogP contribution in [0.2, 0.25) is 0 Å². The van der Waals surface area contributed by atoms with Crippen LogP contribution in [0.5, 0.6) is 5.75 Å². The molecule has 1 aromatic carbocycles. The minimum Gasteiger partial charge on any atom is -0.480 e. The maximum atomic E-state index is 5.40. The molecular formula is C10H9IO. The van der Waals surface area contributed by atoms with Gasteiger partial charge in [0.15, 0.2) is 0 Å². The number of hydrogen-bond donors (Lipinski definition) is 0. The van der Waals surface area contributed by atoms with E-state index in [1.165, 1.54) is 0 Å². The Kier molecular flexibility index (Phi) is 3.95. The van der Waals surface area contributed by atoms with Crippen LogP contribution >= 0.6 is 22.6 Å². The maximum absolute atomic E-state index is 5.40. The molecule has 1 aromatic rings. The molecule has 0 fully saturated rings. The zero-order chi connectivity index (χ0) is 8.81. The molecule has 0 unspecified atom stereocenters. The number of benzene rings is 1. The summed E-state index contributed by atoms with van der Waals surface area (Å²) in [7, 11) is 0. The molecule has 0 atom stereocenters. The lowest BCUT2D eigenvalue weighted by Crippen LogP contribution is -1.94. The Bertz CT molecular complexity index is 309. The lowest BCUT2D eigenvalue weighted by Gasteiger charge is -2.02. The van der Waals surface area contributed by atoms with Crippen LogP contribution in [-0.2, 0) is 0 Å². The average molecular weight is 272 g/mol. The molecule has 0 bridgehead atoms. The van der Waals surface area contributed by atoms with E-state index in [2.05, 4.69) is 34.4 Å². The van der Waals surface area contributed by atoms with Crippen LogP contribution in [0.4, 0.5) is 0 Å². The van der Waals surface area contributed by atoms with E-state index in [-0.39, 0.29) is 0 Å². The summed E-state index contributed by atoms with van der Waals surface area (Å²) in [5, 5.41) is 0. The summed E-state index contributed by atoms with van der Waals surface area (Å²) in [6, 6.07) is 7.89. The molecule has 0 aliphatic carbocycles. The molecule has 0 aliphatic heterocycles. The summed E-state index contributed by atoms with van der Waals surface area (Å²) in [4.78, 5) is 0. The monoisotopic (exact) mass is 272 g/mol. The van der Waals surface area contributed by atoms with Gasteiger partial charge in [-0.15, -0.1) is 5.92 Å². The quantitative estimate of drug-likeness (QED) is 0.594. The Labute approximate surface area is 86.3 Å². The highest BCUT2D eigenvalue weighted by molar-refractivity contribution is 14.1.